The molecule has 0 radical (unpaired) electrons. The zero-order valence-electron chi connectivity index (χ0n) is 8.27. The normalized spacial score (nSPS) is 9.29. The number of hydrogen-bond donors (Lipinski definition) is 1. The summed E-state index contributed by atoms with van der Waals surface area (Å²) in [7, 11) is 0. The van der Waals surface area contributed by atoms with Gasteiger partial charge in [-0.1, -0.05) is 13.8 Å². The molecule has 2 heterocycles. The number of imidazole rings is 1. The van der Waals surface area contributed by atoms with Crippen molar-refractivity contribution in [2.75, 3.05) is 0 Å². The van der Waals surface area contributed by atoms with Crippen molar-refractivity contribution in [1.82, 2.24) is 9.38 Å². The molecule has 2 N–H and O–H groups in total. The molecule has 0 aliphatic heterocycles. The van der Waals surface area contributed by atoms with Crippen molar-refractivity contribution < 1.29 is 4.79 Å². The van der Waals surface area contributed by atoms with E-state index in [0.717, 1.165) is 5.65 Å². The van der Waals surface area contributed by atoms with Gasteiger partial charge in [-0.25, -0.2) is 4.98 Å². The summed E-state index contributed by atoms with van der Waals surface area (Å²) >= 11 is 0. The van der Waals surface area contributed by atoms with Gasteiger partial charge in [0.1, 0.15) is 5.65 Å². The van der Waals surface area contributed by atoms with Gasteiger partial charge in [0.2, 0.25) is 5.91 Å². The summed E-state index contributed by atoms with van der Waals surface area (Å²) in [5.74, 6) is -0.430. The molecule has 74 valence electrons. The van der Waals surface area contributed by atoms with E-state index in [1.165, 1.54) is 0 Å². The van der Waals surface area contributed by atoms with Gasteiger partial charge in [0.15, 0.2) is 0 Å². The zero-order chi connectivity index (χ0) is 10.6. The average Bonchev–Trinajstić information content (AvgIpc) is 2.67. The highest BCUT2D eigenvalue weighted by Crippen LogP contribution is 2.03. The van der Waals surface area contributed by atoms with E-state index in [1.807, 2.05) is 18.2 Å². The fraction of sp³-hybridized carbons (Fsp3) is 0.200. The second kappa shape index (κ2) is 4.41. The number of nitrogens with two attached hydrogens (primary N) is 1. The van der Waals surface area contributed by atoms with Crippen molar-refractivity contribution in [3.05, 3.63) is 36.3 Å². The predicted octanol–water partition coefficient (Wildman–Crippen LogP) is 1.46. The lowest BCUT2D eigenvalue weighted by atomic mass is 10.2. The monoisotopic (exact) mass is 191 g/mol. The lowest BCUT2D eigenvalue weighted by molar-refractivity contribution is 0.100. The number of fused-ring (bicyclic) bond motifs is 1. The quantitative estimate of drug-likeness (QED) is 0.741. The molecular weight excluding hydrogens is 178 g/mol. The molecule has 0 aliphatic carbocycles. The van der Waals surface area contributed by atoms with E-state index in [9.17, 15) is 4.79 Å². The van der Waals surface area contributed by atoms with Gasteiger partial charge >= 0.3 is 0 Å². The molecule has 0 saturated carbocycles. The minimum atomic E-state index is -0.430. The number of nitrogens with zero attached hydrogens (tertiary/aromatic N) is 2. The third kappa shape index (κ3) is 1.90. The highest BCUT2D eigenvalue weighted by atomic mass is 16.1. The highest BCUT2D eigenvalue weighted by molar-refractivity contribution is 5.93. The predicted molar refractivity (Wildman–Crippen MR) is 55.1 cm³/mol. The van der Waals surface area contributed by atoms with Crippen molar-refractivity contribution >= 4 is 11.6 Å². The Hall–Kier alpha value is -1.84. The molecular formula is C10H13N3O. The lowest BCUT2D eigenvalue weighted by Crippen LogP contribution is -2.10. The molecule has 0 saturated heterocycles. The largest absolute Gasteiger partial charge is 0.366 e. The Morgan fingerprint density at radius 3 is 2.79 bits per heavy atom. The maximum Gasteiger partial charge on any atom is 0.248 e. The van der Waals surface area contributed by atoms with Crippen LogP contribution in [0.5, 0.6) is 0 Å². The van der Waals surface area contributed by atoms with E-state index in [-0.39, 0.29) is 0 Å². The standard InChI is InChI=1S/C8H7N3O.C2H6/c9-8(12)6-1-3-11-4-2-10-7(11)5-6;1-2/h1-5H,(H2,9,12);1-2H3. The summed E-state index contributed by atoms with van der Waals surface area (Å²) < 4.78 is 1.81. The summed E-state index contributed by atoms with van der Waals surface area (Å²) in [5, 5.41) is 0. The van der Waals surface area contributed by atoms with Crippen LogP contribution in [0.1, 0.15) is 24.2 Å². The van der Waals surface area contributed by atoms with Crippen molar-refractivity contribution in [2.24, 2.45) is 5.73 Å². The molecule has 2 rings (SSSR count). The van der Waals surface area contributed by atoms with E-state index in [1.54, 1.807) is 30.7 Å². The van der Waals surface area contributed by atoms with Gasteiger partial charge in [-0.2, -0.15) is 0 Å². The smallest absolute Gasteiger partial charge is 0.248 e. The minimum Gasteiger partial charge on any atom is -0.366 e. The van der Waals surface area contributed by atoms with Crippen LogP contribution >= 0.6 is 0 Å². The van der Waals surface area contributed by atoms with Crippen molar-refractivity contribution in [3.8, 4) is 0 Å². The maximum atomic E-state index is 10.8. The van der Waals surface area contributed by atoms with Crippen LogP contribution in [0.4, 0.5) is 0 Å². The molecule has 1 amide bonds. The van der Waals surface area contributed by atoms with Gasteiger partial charge in [0, 0.05) is 24.2 Å². The number of aromatic nitrogens is 2. The van der Waals surface area contributed by atoms with Gasteiger partial charge in [-0.15, -0.1) is 0 Å². The van der Waals surface area contributed by atoms with E-state index in [2.05, 4.69) is 4.98 Å². The van der Waals surface area contributed by atoms with Crippen LogP contribution in [-0.4, -0.2) is 15.3 Å². The molecule has 0 spiro atoms. The fourth-order valence-corrected chi connectivity index (χ4v) is 1.06. The first-order chi connectivity index (χ1) is 6.77. The second-order valence-corrected chi connectivity index (χ2v) is 2.47. The van der Waals surface area contributed by atoms with Crippen LogP contribution < -0.4 is 5.73 Å². The van der Waals surface area contributed by atoms with Crippen LogP contribution in [0.3, 0.4) is 0 Å². The molecule has 14 heavy (non-hydrogen) atoms. The maximum absolute atomic E-state index is 10.8. The number of pyridine rings is 1. The average molecular weight is 191 g/mol. The van der Waals surface area contributed by atoms with Crippen LogP contribution in [0, 0.1) is 0 Å². The first-order valence-corrected chi connectivity index (χ1v) is 4.50. The highest BCUT2D eigenvalue weighted by Gasteiger charge is 2.00. The topological polar surface area (TPSA) is 60.4 Å². The Morgan fingerprint density at radius 1 is 1.43 bits per heavy atom. The van der Waals surface area contributed by atoms with Crippen LogP contribution in [0.15, 0.2) is 30.7 Å². The summed E-state index contributed by atoms with van der Waals surface area (Å²) in [4.78, 5) is 14.8. The summed E-state index contributed by atoms with van der Waals surface area (Å²) in [6, 6.07) is 3.32. The number of rotatable bonds is 1. The molecule has 2 aromatic heterocycles. The van der Waals surface area contributed by atoms with Gasteiger partial charge in [0.25, 0.3) is 0 Å². The summed E-state index contributed by atoms with van der Waals surface area (Å²) in [6.07, 6.45) is 5.22. The third-order valence-electron chi connectivity index (χ3n) is 1.68. The molecule has 4 nitrogen and oxygen atoms in total. The van der Waals surface area contributed by atoms with Crippen molar-refractivity contribution in [1.29, 1.82) is 0 Å². The first kappa shape index (κ1) is 10.2. The van der Waals surface area contributed by atoms with Crippen LogP contribution in [0.2, 0.25) is 0 Å². The molecule has 0 atom stereocenters. The Labute approximate surface area is 82.4 Å². The summed E-state index contributed by atoms with van der Waals surface area (Å²) in [6.45, 7) is 4.00. The number of carbonyl (C=O) groups excluding carboxylic acids is 1. The number of primary amides is 1. The molecule has 0 aromatic carbocycles. The second-order valence-electron chi connectivity index (χ2n) is 2.47. The summed E-state index contributed by atoms with van der Waals surface area (Å²) in [5.41, 5.74) is 6.31. The Bertz CT molecular complexity index is 434. The molecule has 4 heteroatoms. The zero-order valence-corrected chi connectivity index (χ0v) is 8.27. The van der Waals surface area contributed by atoms with Crippen molar-refractivity contribution in [2.45, 2.75) is 13.8 Å². The van der Waals surface area contributed by atoms with Gasteiger partial charge in [-0.3, -0.25) is 4.79 Å². The van der Waals surface area contributed by atoms with Crippen molar-refractivity contribution in [3.63, 3.8) is 0 Å². The molecule has 0 aliphatic rings. The Balaban J connectivity index is 0.000000461. The van der Waals surface area contributed by atoms with E-state index >= 15 is 0 Å². The molecule has 0 bridgehead atoms. The first-order valence-electron chi connectivity index (χ1n) is 4.50. The minimum absolute atomic E-state index is 0.430. The van der Waals surface area contributed by atoms with Crippen LogP contribution in [-0.2, 0) is 0 Å². The van der Waals surface area contributed by atoms with Crippen LogP contribution in [0.25, 0.3) is 5.65 Å². The lowest BCUT2D eigenvalue weighted by Gasteiger charge is -1.95. The van der Waals surface area contributed by atoms with Gasteiger partial charge in [-0.05, 0) is 12.1 Å². The molecule has 0 unspecified atom stereocenters. The Kier molecular flexibility index (Phi) is 3.23. The number of amides is 1. The van der Waals surface area contributed by atoms with E-state index in [0.29, 0.717) is 5.56 Å². The van der Waals surface area contributed by atoms with E-state index in [4.69, 9.17) is 5.73 Å². The number of carbonyl (C=O) groups is 1. The molecule has 2 aromatic rings. The number of hydrogen-bond acceptors (Lipinski definition) is 2. The fourth-order valence-electron chi connectivity index (χ4n) is 1.06. The van der Waals surface area contributed by atoms with Gasteiger partial charge < -0.3 is 10.1 Å². The SMILES string of the molecule is CC.NC(=O)c1ccn2ccnc2c1. The Morgan fingerprint density at radius 2 is 2.14 bits per heavy atom. The third-order valence-corrected chi connectivity index (χ3v) is 1.68. The van der Waals surface area contributed by atoms with Gasteiger partial charge in [0.05, 0.1) is 0 Å². The van der Waals surface area contributed by atoms with E-state index < -0.39 is 5.91 Å². The molecule has 0 fully saturated rings.